The van der Waals surface area contributed by atoms with Crippen LogP contribution in [0.25, 0.3) is 11.3 Å². The first-order valence-electron chi connectivity index (χ1n) is 8.31. The predicted molar refractivity (Wildman–Crippen MR) is 98.6 cm³/mol. The van der Waals surface area contributed by atoms with Gasteiger partial charge in [-0.25, -0.2) is 0 Å². The Labute approximate surface area is 147 Å². The zero-order valence-corrected chi connectivity index (χ0v) is 14.4. The Morgan fingerprint density at radius 2 is 1.84 bits per heavy atom. The van der Waals surface area contributed by atoms with Gasteiger partial charge in [0.2, 0.25) is 0 Å². The van der Waals surface area contributed by atoms with Crippen LogP contribution in [0.15, 0.2) is 59.0 Å². The Morgan fingerprint density at radius 3 is 2.44 bits per heavy atom. The van der Waals surface area contributed by atoms with E-state index in [1.807, 2.05) is 55.5 Å². The van der Waals surface area contributed by atoms with Gasteiger partial charge in [-0.15, -0.1) is 0 Å². The van der Waals surface area contributed by atoms with Gasteiger partial charge in [0.1, 0.15) is 18.1 Å². The number of aryl methyl sites for hydroxylation is 2. The highest BCUT2D eigenvalue weighted by Gasteiger charge is 2.10. The van der Waals surface area contributed by atoms with Gasteiger partial charge in [-0.05, 0) is 66.9 Å². The number of furan rings is 1. The summed E-state index contributed by atoms with van der Waals surface area (Å²) in [5, 5.41) is 12.0. The van der Waals surface area contributed by atoms with E-state index < -0.39 is 0 Å². The molecule has 0 radical (unpaired) electrons. The molecule has 0 fully saturated rings. The number of aliphatic hydroxyl groups is 1. The third-order valence-corrected chi connectivity index (χ3v) is 4.19. The fraction of sp³-hybridized carbons (Fsp3) is 0.190. The van der Waals surface area contributed by atoms with Crippen molar-refractivity contribution in [2.75, 3.05) is 5.32 Å². The van der Waals surface area contributed by atoms with Crippen LogP contribution >= 0.6 is 0 Å². The molecule has 3 rings (SSSR count). The van der Waals surface area contributed by atoms with E-state index in [1.165, 1.54) is 5.56 Å². The highest BCUT2D eigenvalue weighted by Crippen LogP contribution is 2.28. The van der Waals surface area contributed by atoms with Crippen LogP contribution in [0, 0.1) is 6.92 Å². The lowest BCUT2D eigenvalue weighted by Gasteiger charge is -2.09. The minimum absolute atomic E-state index is 0.121. The number of hydrogen-bond acceptors (Lipinski definition) is 3. The zero-order valence-electron chi connectivity index (χ0n) is 14.4. The van der Waals surface area contributed by atoms with Crippen molar-refractivity contribution in [1.29, 1.82) is 0 Å². The Bertz CT molecular complexity index is 878. The minimum Gasteiger partial charge on any atom is -0.459 e. The van der Waals surface area contributed by atoms with E-state index in [4.69, 9.17) is 9.52 Å². The lowest BCUT2D eigenvalue weighted by atomic mass is 10.1. The first-order valence-corrected chi connectivity index (χ1v) is 8.31. The average Bonchev–Trinajstić information content (AvgIpc) is 3.10. The van der Waals surface area contributed by atoms with E-state index in [9.17, 15) is 4.79 Å². The van der Waals surface area contributed by atoms with Crippen molar-refractivity contribution in [1.82, 2.24) is 0 Å². The second-order valence-corrected chi connectivity index (χ2v) is 5.96. The van der Waals surface area contributed by atoms with Crippen molar-refractivity contribution in [2.45, 2.75) is 26.9 Å². The van der Waals surface area contributed by atoms with Crippen molar-refractivity contribution >= 4 is 11.6 Å². The molecule has 0 saturated heterocycles. The van der Waals surface area contributed by atoms with E-state index in [1.54, 1.807) is 6.07 Å². The Balaban J connectivity index is 1.76. The summed E-state index contributed by atoms with van der Waals surface area (Å²) in [7, 11) is 0. The molecule has 25 heavy (non-hydrogen) atoms. The normalized spacial score (nSPS) is 10.7. The maximum atomic E-state index is 12.4. The van der Waals surface area contributed by atoms with Crippen molar-refractivity contribution in [2.24, 2.45) is 0 Å². The number of amides is 1. The Kier molecular flexibility index (Phi) is 5.00. The van der Waals surface area contributed by atoms with Gasteiger partial charge in [0.15, 0.2) is 0 Å². The molecule has 1 amide bonds. The number of hydrogen-bond donors (Lipinski definition) is 2. The molecule has 4 heteroatoms. The van der Waals surface area contributed by atoms with E-state index in [0.717, 1.165) is 23.2 Å². The molecule has 1 aromatic heterocycles. The molecule has 0 aliphatic heterocycles. The molecule has 1 heterocycles. The van der Waals surface area contributed by atoms with Gasteiger partial charge in [-0.3, -0.25) is 4.79 Å². The number of anilines is 1. The highest BCUT2D eigenvalue weighted by molar-refractivity contribution is 6.04. The maximum absolute atomic E-state index is 12.4. The third-order valence-electron chi connectivity index (χ3n) is 4.19. The molecule has 2 N–H and O–H groups in total. The summed E-state index contributed by atoms with van der Waals surface area (Å²) in [6.45, 7) is 3.92. The quantitative estimate of drug-likeness (QED) is 0.718. The molecule has 0 aliphatic carbocycles. The minimum atomic E-state index is -0.129. The van der Waals surface area contributed by atoms with Crippen LogP contribution in [0.4, 0.5) is 5.69 Å². The first kappa shape index (κ1) is 17.0. The zero-order chi connectivity index (χ0) is 17.8. The number of rotatable bonds is 5. The first-order chi connectivity index (χ1) is 12.1. The van der Waals surface area contributed by atoms with Crippen LogP contribution in [0.1, 0.15) is 34.2 Å². The van der Waals surface area contributed by atoms with Crippen LogP contribution in [0.2, 0.25) is 0 Å². The lowest BCUT2D eigenvalue weighted by Crippen LogP contribution is -2.12. The number of carbonyl (C=O) groups excluding carboxylic acids is 1. The van der Waals surface area contributed by atoms with Gasteiger partial charge < -0.3 is 14.8 Å². The third kappa shape index (κ3) is 3.80. The fourth-order valence-corrected chi connectivity index (χ4v) is 2.72. The van der Waals surface area contributed by atoms with E-state index in [-0.39, 0.29) is 12.5 Å². The summed E-state index contributed by atoms with van der Waals surface area (Å²) in [5.41, 5.74) is 4.50. The van der Waals surface area contributed by atoms with Gasteiger partial charge in [0.25, 0.3) is 5.91 Å². The molecule has 0 aliphatic rings. The Hall–Kier alpha value is -2.85. The molecular formula is C21H21NO3. The van der Waals surface area contributed by atoms with Crippen molar-refractivity contribution in [3.8, 4) is 11.3 Å². The molecule has 3 aromatic rings. The second-order valence-electron chi connectivity index (χ2n) is 5.96. The van der Waals surface area contributed by atoms with Crippen molar-refractivity contribution in [3.05, 3.63) is 77.0 Å². The van der Waals surface area contributed by atoms with Crippen LogP contribution < -0.4 is 5.32 Å². The predicted octanol–water partition coefficient (Wildman–Crippen LogP) is 4.56. The summed E-state index contributed by atoms with van der Waals surface area (Å²) in [5.74, 6) is 1.10. The summed E-state index contributed by atoms with van der Waals surface area (Å²) in [6.07, 6.45) is 0.952. The largest absolute Gasteiger partial charge is 0.459 e. The van der Waals surface area contributed by atoms with Crippen LogP contribution in [0.5, 0.6) is 0 Å². The van der Waals surface area contributed by atoms with E-state index >= 15 is 0 Å². The smallest absolute Gasteiger partial charge is 0.255 e. The van der Waals surface area contributed by atoms with Gasteiger partial charge in [-0.2, -0.15) is 0 Å². The molecule has 0 unspecified atom stereocenters. The summed E-state index contributed by atoms with van der Waals surface area (Å²) in [4.78, 5) is 12.4. The maximum Gasteiger partial charge on any atom is 0.255 e. The van der Waals surface area contributed by atoms with Crippen molar-refractivity contribution < 1.29 is 14.3 Å². The van der Waals surface area contributed by atoms with Gasteiger partial charge in [0, 0.05) is 16.8 Å². The number of carbonyl (C=O) groups is 1. The van der Waals surface area contributed by atoms with Crippen LogP contribution in [0.3, 0.4) is 0 Å². The van der Waals surface area contributed by atoms with Crippen molar-refractivity contribution in [3.63, 3.8) is 0 Å². The molecular weight excluding hydrogens is 314 g/mol. The SMILES string of the molecule is CCc1ccc(C(=O)Nc2ccc(-c3ccc(CO)o3)c(C)c2)cc1. The molecule has 0 atom stereocenters. The summed E-state index contributed by atoms with van der Waals surface area (Å²) < 4.78 is 5.57. The molecule has 2 aromatic carbocycles. The summed E-state index contributed by atoms with van der Waals surface area (Å²) >= 11 is 0. The van der Waals surface area contributed by atoms with Gasteiger partial charge >= 0.3 is 0 Å². The van der Waals surface area contributed by atoms with E-state index in [0.29, 0.717) is 17.1 Å². The average molecular weight is 335 g/mol. The Morgan fingerprint density at radius 1 is 1.08 bits per heavy atom. The molecule has 0 bridgehead atoms. The molecule has 128 valence electrons. The molecule has 0 spiro atoms. The summed E-state index contributed by atoms with van der Waals surface area (Å²) in [6, 6.07) is 16.9. The fourth-order valence-electron chi connectivity index (χ4n) is 2.72. The van der Waals surface area contributed by atoms with Crippen LogP contribution in [-0.4, -0.2) is 11.0 Å². The van der Waals surface area contributed by atoms with Crippen LogP contribution in [-0.2, 0) is 13.0 Å². The standard InChI is InChI=1S/C21H21NO3/c1-3-15-4-6-16(7-5-15)21(24)22-17-8-10-19(14(2)12-17)20-11-9-18(13-23)25-20/h4-12,23H,3,13H2,1-2H3,(H,22,24). The number of aliphatic hydroxyl groups excluding tert-OH is 1. The topological polar surface area (TPSA) is 62.5 Å². The van der Waals surface area contributed by atoms with Gasteiger partial charge in [-0.1, -0.05) is 19.1 Å². The lowest BCUT2D eigenvalue weighted by molar-refractivity contribution is 0.102. The van der Waals surface area contributed by atoms with Gasteiger partial charge in [0.05, 0.1) is 0 Å². The molecule has 4 nitrogen and oxygen atoms in total. The number of nitrogens with one attached hydrogen (secondary N) is 1. The second kappa shape index (κ2) is 7.36. The van der Waals surface area contributed by atoms with E-state index in [2.05, 4.69) is 12.2 Å². The number of benzene rings is 2. The molecule has 0 saturated carbocycles. The monoisotopic (exact) mass is 335 g/mol. The highest BCUT2D eigenvalue weighted by atomic mass is 16.4.